The molecule has 1 unspecified atom stereocenters. The van der Waals surface area contributed by atoms with Gasteiger partial charge in [0.25, 0.3) is 0 Å². The average Bonchev–Trinajstić information content (AvgIpc) is 2.84. The Morgan fingerprint density at radius 2 is 1.73 bits per heavy atom. The van der Waals surface area contributed by atoms with E-state index < -0.39 is 11.7 Å². The number of hydrogen-bond donors (Lipinski definition) is 0. The van der Waals surface area contributed by atoms with Gasteiger partial charge in [0.1, 0.15) is 23.7 Å². The average molecular weight is 354 g/mol. The maximum Gasteiger partial charge on any atom is 0.303 e. The van der Waals surface area contributed by atoms with Crippen LogP contribution in [0.5, 0.6) is 11.5 Å². The van der Waals surface area contributed by atoms with Gasteiger partial charge < -0.3 is 14.2 Å². The molecule has 1 atom stereocenters. The summed E-state index contributed by atoms with van der Waals surface area (Å²) < 4.78 is 18.0. The van der Waals surface area contributed by atoms with Gasteiger partial charge in [-0.05, 0) is 51.3 Å². The van der Waals surface area contributed by atoms with Crippen LogP contribution in [0.15, 0.2) is 30.3 Å². The van der Waals surface area contributed by atoms with Crippen LogP contribution in [0.3, 0.4) is 0 Å². The second-order valence-electron chi connectivity index (χ2n) is 7.42. The Kier molecular flexibility index (Phi) is 4.70. The molecule has 0 fully saturated rings. The summed E-state index contributed by atoms with van der Waals surface area (Å²) in [5.74, 6) is 1.33. The largest absolute Gasteiger partial charge is 0.488 e. The molecule has 0 amide bonds. The predicted octanol–water partition coefficient (Wildman–Crippen LogP) is 4.97. The Labute approximate surface area is 155 Å². The maximum absolute atomic E-state index is 11.6. The van der Waals surface area contributed by atoms with E-state index in [2.05, 4.69) is 0 Å². The number of rotatable bonds is 4. The van der Waals surface area contributed by atoms with Crippen molar-refractivity contribution in [3.63, 3.8) is 0 Å². The second-order valence-corrected chi connectivity index (χ2v) is 7.42. The van der Waals surface area contributed by atoms with Gasteiger partial charge in [-0.1, -0.05) is 30.3 Å². The van der Waals surface area contributed by atoms with Crippen LogP contribution in [0.4, 0.5) is 0 Å². The second kappa shape index (κ2) is 6.67. The van der Waals surface area contributed by atoms with Gasteiger partial charge in [0.2, 0.25) is 0 Å². The quantitative estimate of drug-likeness (QED) is 0.728. The lowest BCUT2D eigenvalue weighted by Crippen LogP contribution is -2.33. The van der Waals surface area contributed by atoms with E-state index in [-0.39, 0.29) is 5.97 Å². The normalized spacial score (nSPS) is 17.4. The van der Waals surface area contributed by atoms with Crippen molar-refractivity contribution in [2.75, 3.05) is 0 Å². The Bertz CT molecular complexity index is 837. The minimum atomic E-state index is -0.617. The molecule has 1 aliphatic heterocycles. The Hall–Kier alpha value is -2.49. The van der Waals surface area contributed by atoms with Crippen LogP contribution < -0.4 is 9.47 Å². The first-order valence-electron chi connectivity index (χ1n) is 8.89. The minimum Gasteiger partial charge on any atom is -0.488 e. The van der Waals surface area contributed by atoms with Crippen LogP contribution in [0, 0.1) is 20.8 Å². The third kappa shape index (κ3) is 3.16. The van der Waals surface area contributed by atoms with Crippen LogP contribution >= 0.6 is 0 Å². The standard InChI is InChI=1S/C22H26O4/c1-13-14(2)20-18(21(25-16(4)23)22(5,6)26-20)15(3)19(13)24-12-17-10-8-7-9-11-17/h7-11,21H,12H2,1-6H3. The molecule has 2 aromatic carbocycles. The molecule has 1 heterocycles. The van der Waals surface area contributed by atoms with E-state index in [0.29, 0.717) is 6.61 Å². The molecule has 4 nitrogen and oxygen atoms in total. The van der Waals surface area contributed by atoms with Crippen LogP contribution in [-0.4, -0.2) is 11.6 Å². The molecule has 0 saturated heterocycles. The molecular formula is C22H26O4. The summed E-state index contributed by atoms with van der Waals surface area (Å²) >= 11 is 0. The van der Waals surface area contributed by atoms with Gasteiger partial charge in [0.15, 0.2) is 6.10 Å². The van der Waals surface area contributed by atoms with Gasteiger partial charge in [-0.2, -0.15) is 0 Å². The summed E-state index contributed by atoms with van der Waals surface area (Å²) in [7, 11) is 0. The first-order valence-corrected chi connectivity index (χ1v) is 8.89. The van der Waals surface area contributed by atoms with Crippen molar-refractivity contribution in [3.05, 3.63) is 58.1 Å². The minimum absolute atomic E-state index is 0.316. The first kappa shape index (κ1) is 18.3. The fourth-order valence-corrected chi connectivity index (χ4v) is 3.54. The number of benzene rings is 2. The van der Waals surface area contributed by atoms with Crippen molar-refractivity contribution >= 4 is 5.97 Å². The molecule has 0 spiro atoms. The third-order valence-corrected chi connectivity index (χ3v) is 5.00. The molecule has 0 N–H and O–H groups in total. The fourth-order valence-electron chi connectivity index (χ4n) is 3.54. The van der Waals surface area contributed by atoms with Crippen molar-refractivity contribution < 1.29 is 19.0 Å². The summed E-state index contributed by atoms with van der Waals surface area (Å²) in [6, 6.07) is 10.1. The first-order chi connectivity index (χ1) is 12.2. The highest BCUT2D eigenvalue weighted by molar-refractivity contribution is 5.68. The summed E-state index contributed by atoms with van der Waals surface area (Å²) in [5.41, 5.74) is 4.45. The van der Waals surface area contributed by atoms with E-state index in [1.54, 1.807) is 0 Å². The SMILES string of the molecule is CC(=O)OC1c2c(C)c(OCc3ccccc3)c(C)c(C)c2OC1(C)C. The van der Waals surface area contributed by atoms with Gasteiger partial charge in [0.05, 0.1) is 0 Å². The van der Waals surface area contributed by atoms with Crippen molar-refractivity contribution in [3.8, 4) is 11.5 Å². The molecule has 0 bridgehead atoms. The monoisotopic (exact) mass is 354 g/mol. The number of ether oxygens (including phenoxy) is 3. The zero-order valence-electron chi connectivity index (χ0n) is 16.3. The van der Waals surface area contributed by atoms with Gasteiger partial charge in [-0.3, -0.25) is 4.79 Å². The molecule has 0 saturated carbocycles. The van der Waals surface area contributed by atoms with Crippen molar-refractivity contribution in [2.24, 2.45) is 0 Å². The highest BCUT2D eigenvalue weighted by Crippen LogP contribution is 2.52. The number of fused-ring (bicyclic) bond motifs is 1. The summed E-state index contributed by atoms with van der Waals surface area (Å²) in [6.07, 6.45) is -0.451. The Morgan fingerprint density at radius 1 is 1.08 bits per heavy atom. The molecule has 0 aliphatic carbocycles. The smallest absolute Gasteiger partial charge is 0.303 e. The molecule has 2 aromatic rings. The lowest BCUT2D eigenvalue weighted by atomic mass is 9.90. The van der Waals surface area contributed by atoms with E-state index in [1.165, 1.54) is 6.92 Å². The highest BCUT2D eigenvalue weighted by atomic mass is 16.6. The predicted molar refractivity (Wildman–Crippen MR) is 101 cm³/mol. The summed E-state index contributed by atoms with van der Waals surface area (Å²) in [5, 5.41) is 0. The van der Waals surface area contributed by atoms with Gasteiger partial charge in [-0.25, -0.2) is 0 Å². The summed E-state index contributed by atoms with van der Waals surface area (Å²) in [4.78, 5) is 11.6. The van der Waals surface area contributed by atoms with Crippen molar-refractivity contribution in [2.45, 2.75) is 59.9 Å². The molecule has 3 rings (SSSR count). The zero-order chi connectivity index (χ0) is 19.1. The number of carbonyl (C=O) groups is 1. The molecule has 1 aliphatic rings. The topological polar surface area (TPSA) is 44.8 Å². The third-order valence-electron chi connectivity index (χ3n) is 5.00. The maximum atomic E-state index is 11.6. The van der Waals surface area contributed by atoms with Crippen molar-refractivity contribution in [1.82, 2.24) is 0 Å². The molecule has 26 heavy (non-hydrogen) atoms. The molecule has 0 aromatic heterocycles. The van der Waals surface area contributed by atoms with Gasteiger partial charge in [0, 0.05) is 18.1 Å². The van der Waals surface area contributed by atoms with Crippen LogP contribution in [0.25, 0.3) is 0 Å². The van der Waals surface area contributed by atoms with Crippen molar-refractivity contribution in [1.29, 1.82) is 0 Å². The van der Waals surface area contributed by atoms with Crippen LogP contribution in [0.1, 0.15) is 54.7 Å². The van der Waals surface area contributed by atoms with Gasteiger partial charge >= 0.3 is 5.97 Å². The summed E-state index contributed by atoms with van der Waals surface area (Å²) in [6.45, 7) is 11.9. The van der Waals surface area contributed by atoms with Crippen LogP contribution in [-0.2, 0) is 16.1 Å². The van der Waals surface area contributed by atoms with E-state index in [4.69, 9.17) is 14.2 Å². The van der Waals surface area contributed by atoms with E-state index in [0.717, 1.165) is 39.3 Å². The zero-order valence-corrected chi connectivity index (χ0v) is 16.3. The molecule has 4 heteroatoms. The van der Waals surface area contributed by atoms with E-state index in [9.17, 15) is 4.79 Å². The van der Waals surface area contributed by atoms with E-state index in [1.807, 2.05) is 65.0 Å². The molecular weight excluding hydrogens is 328 g/mol. The number of carbonyl (C=O) groups excluding carboxylic acids is 1. The lowest BCUT2D eigenvalue weighted by molar-refractivity contribution is -0.154. The van der Waals surface area contributed by atoms with Crippen LogP contribution in [0.2, 0.25) is 0 Å². The fraction of sp³-hybridized carbons (Fsp3) is 0.409. The van der Waals surface area contributed by atoms with E-state index >= 15 is 0 Å². The lowest BCUT2D eigenvalue weighted by Gasteiger charge is -2.26. The van der Waals surface area contributed by atoms with Gasteiger partial charge in [-0.15, -0.1) is 0 Å². The Balaban J connectivity index is 2.03. The molecule has 0 radical (unpaired) electrons. The number of esters is 1. The number of hydrogen-bond acceptors (Lipinski definition) is 4. The molecule has 138 valence electrons. The highest BCUT2D eigenvalue weighted by Gasteiger charge is 2.46. The Morgan fingerprint density at radius 3 is 2.35 bits per heavy atom.